The van der Waals surface area contributed by atoms with Crippen LogP contribution in [0.2, 0.25) is 0 Å². The van der Waals surface area contributed by atoms with E-state index in [4.69, 9.17) is 0 Å². The first-order valence-electron chi connectivity index (χ1n) is 4.83. The Labute approximate surface area is 74.8 Å². The SMILES string of the molecule is CC(C)N1CCC2(C=CC=C2)C1. The Morgan fingerprint density at radius 3 is 2.42 bits per heavy atom. The molecule has 0 aromatic carbocycles. The second-order valence-corrected chi connectivity index (χ2v) is 4.27. The van der Waals surface area contributed by atoms with Crippen molar-refractivity contribution >= 4 is 0 Å². The molecule has 12 heavy (non-hydrogen) atoms. The van der Waals surface area contributed by atoms with Gasteiger partial charge in [-0.3, -0.25) is 4.90 Å². The van der Waals surface area contributed by atoms with Gasteiger partial charge in [0.05, 0.1) is 0 Å². The lowest BCUT2D eigenvalue weighted by Crippen LogP contribution is -2.30. The van der Waals surface area contributed by atoms with Gasteiger partial charge < -0.3 is 0 Å². The molecule has 1 fully saturated rings. The fraction of sp³-hybridized carbons (Fsp3) is 0.636. The number of hydrogen-bond acceptors (Lipinski definition) is 1. The highest BCUT2D eigenvalue weighted by Crippen LogP contribution is 2.36. The zero-order valence-corrected chi connectivity index (χ0v) is 7.96. The lowest BCUT2D eigenvalue weighted by atomic mass is 9.89. The van der Waals surface area contributed by atoms with Gasteiger partial charge in [0, 0.05) is 18.0 Å². The smallest absolute Gasteiger partial charge is 0.0207 e. The number of likely N-dealkylation sites (tertiary alicyclic amines) is 1. The third kappa shape index (κ3) is 1.22. The summed E-state index contributed by atoms with van der Waals surface area (Å²) in [5.41, 5.74) is 0.407. The minimum Gasteiger partial charge on any atom is -0.300 e. The molecule has 0 unspecified atom stereocenters. The Bertz CT molecular complexity index is 213. The van der Waals surface area contributed by atoms with Gasteiger partial charge in [-0.1, -0.05) is 24.3 Å². The standard InChI is InChI=1S/C11H17N/c1-10(2)12-8-7-11(9-12)5-3-4-6-11/h3-6,10H,7-9H2,1-2H3. The van der Waals surface area contributed by atoms with E-state index in [-0.39, 0.29) is 0 Å². The Morgan fingerprint density at radius 2 is 1.92 bits per heavy atom. The fourth-order valence-electron chi connectivity index (χ4n) is 2.15. The first kappa shape index (κ1) is 8.06. The summed E-state index contributed by atoms with van der Waals surface area (Å²) in [6.07, 6.45) is 10.4. The van der Waals surface area contributed by atoms with Crippen LogP contribution in [0.3, 0.4) is 0 Å². The average Bonchev–Trinajstić information content (AvgIpc) is 2.62. The summed E-state index contributed by atoms with van der Waals surface area (Å²) in [5, 5.41) is 0. The molecule has 0 aromatic rings. The van der Waals surface area contributed by atoms with Crippen LogP contribution in [0.5, 0.6) is 0 Å². The Hall–Kier alpha value is -0.560. The van der Waals surface area contributed by atoms with Crippen LogP contribution in [0.4, 0.5) is 0 Å². The summed E-state index contributed by atoms with van der Waals surface area (Å²) < 4.78 is 0. The van der Waals surface area contributed by atoms with Crippen LogP contribution < -0.4 is 0 Å². The molecule has 1 spiro atoms. The third-order valence-electron chi connectivity index (χ3n) is 3.06. The van der Waals surface area contributed by atoms with Crippen molar-refractivity contribution in [1.29, 1.82) is 0 Å². The Morgan fingerprint density at radius 1 is 1.25 bits per heavy atom. The van der Waals surface area contributed by atoms with Crippen molar-refractivity contribution in [3.8, 4) is 0 Å². The molecule has 1 saturated heterocycles. The van der Waals surface area contributed by atoms with Crippen molar-refractivity contribution in [2.75, 3.05) is 13.1 Å². The van der Waals surface area contributed by atoms with Gasteiger partial charge in [0.15, 0.2) is 0 Å². The van der Waals surface area contributed by atoms with E-state index in [1.165, 1.54) is 19.5 Å². The number of hydrogen-bond donors (Lipinski definition) is 0. The summed E-state index contributed by atoms with van der Waals surface area (Å²) in [5.74, 6) is 0. The molecule has 1 aliphatic heterocycles. The molecule has 1 heterocycles. The molecule has 0 atom stereocenters. The maximum Gasteiger partial charge on any atom is 0.0207 e. The zero-order chi connectivity index (χ0) is 8.60. The van der Waals surface area contributed by atoms with E-state index in [1.807, 2.05) is 0 Å². The largest absolute Gasteiger partial charge is 0.300 e. The predicted molar refractivity (Wildman–Crippen MR) is 52.0 cm³/mol. The maximum atomic E-state index is 2.56. The molecule has 0 amide bonds. The third-order valence-corrected chi connectivity index (χ3v) is 3.06. The van der Waals surface area contributed by atoms with Crippen LogP contribution >= 0.6 is 0 Å². The van der Waals surface area contributed by atoms with Gasteiger partial charge in [-0.25, -0.2) is 0 Å². The van der Waals surface area contributed by atoms with E-state index in [0.29, 0.717) is 11.5 Å². The van der Waals surface area contributed by atoms with E-state index >= 15 is 0 Å². The van der Waals surface area contributed by atoms with Crippen molar-refractivity contribution in [3.05, 3.63) is 24.3 Å². The molecule has 66 valence electrons. The lowest BCUT2D eigenvalue weighted by Gasteiger charge is -2.23. The molecule has 2 rings (SSSR count). The van der Waals surface area contributed by atoms with Crippen LogP contribution in [0, 0.1) is 5.41 Å². The van der Waals surface area contributed by atoms with E-state index in [1.54, 1.807) is 0 Å². The van der Waals surface area contributed by atoms with Gasteiger partial charge in [-0.2, -0.15) is 0 Å². The van der Waals surface area contributed by atoms with Crippen molar-refractivity contribution < 1.29 is 0 Å². The summed E-state index contributed by atoms with van der Waals surface area (Å²) in [7, 11) is 0. The molecule has 0 bridgehead atoms. The second-order valence-electron chi connectivity index (χ2n) is 4.27. The summed E-state index contributed by atoms with van der Waals surface area (Å²) >= 11 is 0. The fourth-order valence-corrected chi connectivity index (χ4v) is 2.15. The molecule has 0 N–H and O–H groups in total. The van der Waals surface area contributed by atoms with Gasteiger partial charge in [0.1, 0.15) is 0 Å². The molecule has 1 nitrogen and oxygen atoms in total. The molecule has 0 radical (unpaired) electrons. The van der Waals surface area contributed by atoms with Crippen LogP contribution in [-0.4, -0.2) is 24.0 Å². The van der Waals surface area contributed by atoms with Gasteiger partial charge >= 0.3 is 0 Å². The molecule has 2 aliphatic rings. The van der Waals surface area contributed by atoms with E-state index in [9.17, 15) is 0 Å². The molecule has 0 aromatic heterocycles. The van der Waals surface area contributed by atoms with Crippen molar-refractivity contribution in [2.45, 2.75) is 26.3 Å². The van der Waals surface area contributed by atoms with Crippen molar-refractivity contribution in [1.82, 2.24) is 4.90 Å². The van der Waals surface area contributed by atoms with Gasteiger partial charge in [-0.15, -0.1) is 0 Å². The summed E-state index contributed by atoms with van der Waals surface area (Å²) in [6.45, 7) is 7.03. The van der Waals surface area contributed by atoms with Crippen LogP contribution in [0.15, 0.2) is 24.3 Å². The average molecular weight is 163 g/mol. The Balaban J connectivity index is 2.07. The normalized spacial score (nSPS) is 26.6. The zero-order valence-electron chi connectivity index (χ0n) is 7.96. The first-order valence-corrected chi connectivity index (χ1v) is 4.83. The molecular weight excluding hydrogens is 146 g/mol. The Kier molecular flexibility index (Phi) is 1.84. The molecule has 1 aliphatic carbocycles. The van der Waals surface area contributed by atoms with Crippen molar-refractivity contribution in [3.63, 3.8) is 0 Å². The predicted octanol–water partition coefficient (Wildman–Crippen LogP) is 2.21. The molecule has 1 heteroatoms. The number of rotatable bonds is 1. The first-order chi connectivity index (χ1) is 5.72. The minimum atomic E-state index is 0.407. The van der Waals surface area contributed by atoms with Gasteiger partial charge in [0.25, 0.3) is 0 Å². The topological polar surface area (TPSA) is 3.24 Å². The van der Waals surface area contributed by atoms with Crippen LogP contribution in [0.1, 0.15) is 20.3 Å². The van der Waals surface area contributed by atoms with Crippen LogP contribution in [-0.2, 0) is 0 Å². The lowest BCUT2D eigenvalue weighted by molar-refractivity contribution is 0.261. The number of nitrogens with zero attached hydrogens (tertiary/aromatic N) is 1. The second kappa shape index (κ2) is 2.74. The highest BCUT2D eigenvalue weighted by atomic mass is 15.2. The van der Waals surface area contributed by atoms with E-state index in [2.05, 4.69) is 43.1 Å². The highest BCUT2D eigenvalue weighted by Gasteiger charge is 2.35. The monoisotopic (exact) mass is 163 g/mol. The quantitative estimate of drug-likeness (QED) is 0.573. The van der Waals surface area contributed by atoms with Gasteiger partial charge in [0.2, 0.25) is 0 Å². The van der Waals surface area contributed by atoms with E-state index < -0.39 is 0 Å². The summed E-state index contributed by atoms with van der Waals surface area (Å²) in [4.78, 5) is 2.56. The summed E-state index contributed by atoms with van der Waals surface area (Å²) in [6, 6.07) is 0.701. The number of allylic oxidation sites excluding steroid dienone is 2. The van der Waals surface area contributed by atoms with Crippen molar-refractivity contribution in [2.24, 2.45) is 5.41 Å². The molecule has 0 saturated carbocycles. The van der Waals surface area contributed by atoms with E-state index in [0.717, 1.165) is 0 Å². The highest BCUT2D eigenvalue weighted by molar-refractivity contribution is 5.27. The minimum absolute atomic E-state index is 0.407. The molecular formula is C11H17N. The van der Waals surface area contributed by atoms with Gasteiger partial charge in [-0.05, 0) is 26.8 Å². The van der Waals surface area contributed by atoms with Crippen LogP contribution in [0.25, 0.3) is 0 Å². The maximum absolute atomic E-state index is 2.56.